The molecule has 1 aromatic rings. The van der Waals surface area contributed by atoms with Crippen LogP contribution in [-0.2, 0) is 0 Å². The standard InChI is InChI=1S/C10H11Cl2N3OS/c1-2-13-10(17)15-14-5-6-3-7(11)4-8(12)9(6)16/h3-5,16H,2H2,1H3,(H2,13,15,17)/b14-5-. The highest BCUT2D eigenvalue weighted by Gasteiger charge is 2.05. The normalized spacial score (nSPS) is 10.5. The number of rotatable bonds is 3. The number of thiocarbonyl (C=S) groups is 1. The Labute approximate surface area is 115 Å². The molecule has 0 spiro atoms. The van der Waals surface area contributed by atoms with Crippen LogP contribution >= 0.6 is 35.4 Å². The molecule has 0 radical (unpaired) electrons. The second kappa shape index (κ2) is 6.64. The predicted octanol–water partition coefficient (Wildman–Crippen LogP) is 2.52. The predicted molar refractivity (Wildman–Crippen MR) is 75.1 cm³/mol. The summed E-state index contributed by atoms with van der Waals surface area (Å²) in [5, 5.41) is 17.3. The van der Waals surface area contributed by atoms with Crippen LogP contribution in [0.5, 0.6) is 5.75 Å². The molecule has 92 valence electrons. The van der Waals surface area contributed by atoms with Crippen LogP contribution in [0.15, 0.2) is 17.2 Å². The van der Waals surface area contributed by atoms with Crippen molar-refractivity contribution in [2.24, 2.45) is 5.10 Å². The molecule has 0 heterocycles. The number of hydrogen-bond acceptors (Lipinski definition) is 3. The molecule has 7 heteroatoms. The lowest BCUT2D eigenvalue weighted by atomic mass is 10.2. The second-order valence-corrected chi connectivity index (χ2v) is 4.31. The number of phenolic OH excluding ortho intramolecular Hbond substituents is 1. The Kier molecular flexibility index (Phi) is 5.47. The van der Waals surface area contributed by atoms with Crippen LogP contribution in [0.4, 0.5) is 0 Å². The van der Waals surface area contributed by atoms with Crippen LogP contribution in [0.2, 0.25) is 10.0 Å². The number of benzene rings is 1. The summed E-state index contributed by atoms with van der Waals surface area (Å²) < 4.78 is 0. The van der Waals surface area contributed by atoms with Gasteiger partial charge >= 0.3 is 0 Å². The van der Waals surface area contributed by atoms with E-state index in [0.717, 1.165) is 0 Å². The molecule has 0 aliphatic rings. The van der Waals surface area contributed by atoms with E-state index in [4.69, 9.17) is 35.4 Å². The van der Waals surface area contributed by atoms with Crippen molar-refractivity contribution in [3.05, 3.63) is 27.7 Å². The molecule has 0 bridgehead atoms. The van der Waals surface area contributed by atoms with Crippen LogP contribution in [0.3, 0.4) is 0 Å². The minimum atomic E-state index is -0.0732. The highest BCUT2D eigenvalue weighted by Crippen LogP contribution is 2.29. The summed E-state index contributed by atoms with van der Waals surface area (Å²) in [6.07, 6.45) is 1.39. The number of phenols is 1. The van der Waals surface area contributed by atoms with Gasteiger partial charge in [-0.3, -0.25) is 5.43 Å². The quantitative estimate of drug-likeness (QED) is 0.455. The van der Waals surface area contributed by atoms with Gasteiger partial charge in [0, 0.05) is 17.1 Å². The Morgan fingerprint density at radius 3 is 2.88 bits per heavy atom. The van der Waals surface area contributed by atoms with E-state index in [1.54, 1.807) is 6.07 Å². The number of nitrogens with zero attached hydrogens (tertiary/aromatic N) is 1. The van der Waals surface area contributed by atoms with Gasteiger partial charge in [-0.15, -0.1) is 0 Å². The first kappa shape index (κ1) is 14.0. The topological polar surface area (TPSA) is 56.7 Å². The van der Waals surface area contributed by atoms with Gasteiger partial charge in [0.15, 0.2) is 5.11 Å². The molecule has 0 saturated heterocycles. The molecule has 1 rings (SSSR count). The minimum Gasteiger partial charge on any atom is -0.506 e. The first-order valence-electron chi connectivity index (χ1n) is 4.79. The summed E-state index contributed by atoms with van der Waals surface area (Å²) in [7, 11) is 0. The average molecular weight is 292 g/mol. The third kappa shape index (κ3) is 4.38. The molecule has 0 aliphatic heterocycles. The Morgan fingerprint density at radius 1 is 1.53 bits per heavy atom. The highest BCUT2D eigenvalue weighted by atomic mass is 35.5. The molecule has 0 unspecified atom stereocenters. The fourth-order valence-corrected chi connectivity index (χ4v) is 1.75. The summed E-state index contributed by atoms with van der Waals surface area (Å²) in [4.78, 5) is 0. The number of hydrogen-bond donors (Lipinski definition) is 3. The lowest BCUT2D eigenvalue weighted by Gasteiger charge is -2.04. The third-order valence-electron chi connectivity index (χ3n) is 1.76. The van der Waals surface area contributed by atoms with E-state index in [0.29, 0.717) is 22.2 Å². The zero-order chi connectivity index (χ0) is 12.8. The van der Waals surface area contributed by atoms with Crippen LogP contribution in [0, 0.1) is 0 Å². The van der Waals surface area contributed by atoms with Gasteiger partial charge < -0.3 is 10.4 Å². The number of halogens is 2. The van der Waals surface area contributed by atoms with Gasteiger partial charge in [-0.05, 0) is 31.3 Å². The fourth-order valence-electron chi connectivity index (χ4n) is 1.04. The molecule has 3 N–H and O–H groups in total. The molecule has 0 aliphatic carbocycles. The summed E-state index contributed by atoms with van der Waals surface area (Å²) in [6.45, 7) is 2.62. The first-order chi connectivity index (χ1) is 8.04. The van der Waals surface area contributed by atoms with Gasteiger partial charge in [0.05, 0.1) is 11.2 Å². The summed E-state index contributed by atoms with van der Waals surface area (Å²) in [5.41, 5.74) is 3.00. The summed E-state index contributed by atoms with van der Waals surface area (Å²) >= 11 is 16.5. The van der Waals surface area contributed by atoms with E-state index in [2.05, 4.69) is 15.8 Å². The number of hydrazone groups is 1. The van der Waals surface area contributed by atoms with Crippen LogP contribution < -0.4 is 10.7 Å². The maximum Gasteiger partial charge on any atom is 0.186 e. The van der Waals surface area contributed by atoms with Gasteiger partial charge in [-0.1, -0.05) is 23.2 Å². The molecule has 17 heavy (non-hydrogen) atoms. The van der Waals surface area contributed by atoms with Crippen molar-refractivity contribution in [2.45, 2.75) is 6.92 Å². The highest BCUT2D eigenvalue weighted by molar-refractivity contribution is 7.80. The number of aromatic hydroxyl groups is 1. The molecule has 0 fully saturated rings. The smallest absolute Gasteiger partial charge is 0.186 e. The maximum atomic E-state index is 9.63. The van der Waals surface area contributed by atoms with Crippen molar-refractivity contribution in [3.8, 4) is 5.75 Å². The zero-order valence-electron chi connectivity index (χ0n) is 9.00. The van der Waals surface area contributed by atoms with Crippen molar-refractivity contribution >= 4 is 46.7 Å². The van der Waals surface area contributed by atoms with Gasteiger partial charge in [0.1, 0.15) is 5.75 Å². The second-order valence-electron chi connectivity index (χ2n) is 3.05. The molecule has 1 aromatic carbocycles. The molecule has 0 amide bonds. The Balaban J connectivity index is 2.74. The van der Waals surface area contributed by atoms with Crippen molar-refractivity contribution < 1.29 is 5.11 Å². The summed E-state index contributed by atoms with van der Waals surface area (Å²) in [6, 6.07) is 3.00. The summed E-state index contributed by atoms with van der Waals surface area (Å²) in [5.74, 6) is -0.0732. The molecule has 4 nitrogen and oxygen atoms in total. The Hall–Kier alpha value is -1.04. The molecular weight excluding hydrogens is 281 g/mol. The molecule has 0 saturated carbocycles. The monoisotopic (exact) mass is 291 g/mol. The molecule has 0 atom stereocenters. The van der Waals surface area contributed by atoms with Crippen molar-refractivity contribution in [3.63, 3.8) is 0 Å². The van der Waals surface area contributed by atoms with Crippen LogP contribution in [-0.4, -0.2) is 23.0 Å². The van der Waals surface area contributed by atoms with E-state index in [9.17, 15) is 5.11 Å². The van der Waals surface area contributed by atoms with Crippen molar-refractivity contribution in [2.75, 3.05) is 6.54 Å². The lowest BCUT2D eigenvalue weighted by Crippen LogP contribution is -2.31. The number of nitrogens with one attached hydrogen (secondary N) is 2. The Bertz CT molecular complexity index is 451. The SMILES string of the molecule is CCNC(=S)N/N=C\c1cc(Cl)cc(Cl)c1O. The molecular formula is C10H11Cl2N3OS. The van der Waals surface area contributed by atoms with Gasteiger partial charge in [-0.25, -0.2) is 0 Å². The van der Waals surface area contributed by atoms with E-state index < -0.39 is 0 Å². The van der Waals surface area contributed by atoms with Gasteiger partial charge in [0.2, 0.25) is 0 Å². The lowest BCUT2D eigenvalue weighted by molar-refractivity contribution is 0.474. The van der Waals surface area contributed by atoms with Crippen LogP contribution in [0.1, 0.15) is 12.5 Å². The average Bonchev–Trinajstić information content (AvgIpc) is 2.25. The van der Waals surface area contributed by atoms with E-state index >= 15 is 0 Å². The largest absolute Gasteiger partial charge is 0.506 e. The van der Waals surface area contributed by atoms with Gasteiger partial charge in [-0.2, -0.15) is 5.10 Å². The van der Waals surface area contributed by atoms with Gasteiger partial charge in [0.25, 0.3) is 0 Å². The molecule has 0 aromatic heterocycles. The van der Waals surface area contributed by atoms with E-state index in [1.165, 1.54) is 12.3 Å². The fraction of sp³-hybridized carbons (Fsp3) is 0.200. The third-order valence-corrected chi connectivity index (χ3v) is 2.51. The minimum absolute atomic E-state index is 0.0732. The van der Waals surface area contributed by atoms with Crippen molar-refractivity contribution in [1.29, 1.82) is 0 Å². The van der Waals surface area contributed by atoms with Crippen molar-refractivity contribution in [1.82, 2.24) is 10.7 Å². The van der Waals surface area contributed by atoms with Crippen LogP contribution in [0.25, 0.3) is 0 Å². The van der Waals surface area contributed by atoms with E-state index in [-0.39, 0.29) is 10.8 Å². The first-order valence-corrected chi connectivity index (χ1v) is 5.96. The zero-order valence-corrected chi connectivity index (χ0v) is 11.3. The Morgan fingerprint density at radius 2 is 2.24 bits per heavy atom. The maximum absolute atomic E-state index is 9.63. The van der Waals surface area contributed by atoms with E-state index in [1.807, 2.05) is 6.92 Å².